The summed E-state index contributed by atoms with van der Waals surface area (Å²) in [7, 11) is 2.18. The fraction of sp³-hybridized carbons (Fsp3) is 0.727. The number of imidazole rings is 1. The van der Waals surface area contributed by atoms with Gasteiger partial charge in [0.25, 0.3) is 0 Å². The van der Waals surface area contributed by atoms with E-state index in [0.717, 1.165) is 45.7 Å². The number of hydrogen-bond donors (Lipinski definition) is 1. The van der Waals surface area contributed by atoms with Crippen LogP contribution >= 0.6 is 0 Å². The molecular weight excluding hydrogens is 202 g/mol. The summed E-state index contributed by atoms with van der Waals surface area (Å²) >= 11 is 0. The van der Waals surface area contributed by atoms with Gasteiger partial charge in [-0.25, -0.2) is 9.99 Å². The van der Waals surface area contributed by atoms with E-state index in [1.54, 1.807) is 0 Å². The van der Waals surface area contributed by atoms with Crippen molar-refractivity contribution < 1.29 is 0 Å². The second-order valence-electron chi connectivity index (χ2n) is 4.35. The molecule has 0 atom stereocenters. The maximum atomic E-state index is 4.03. The number of nitrogens with one attached hydrogen (secondary N) is 1. The molecule has 0 spiro atoms. The van der Waals surface area contributed by atoms with Crippen molar-refractivity contribution in [3.63, 3.8) is 0 Å². The molecule has 1 aliphatic heterocycles. The van der Waals surface area contributed by atoms with Crippen molar-refractivity contribution in [3.8, 4) is 0 Å². The summed E-state index contributed by atoms with van der Waals surface area (Å²) in [5.74, 6) is 0. The maximum Gasteiger partial charge on any atom is 0.0945 e. The smallest absolute Gasteiger partial charge is 0.0945 e. The van der Waals surface area contributed by atoms with E-state index in [2.05, 4.69) is 31.9 Å². The summed E-state index contributed by atoms with van der Waals surface area (Å²) in [4.78, 5) is 6.39. The molecule has 1 aromatic rings. The standard InChI is InChI=1S/C11H21N5/c1-14-7-9-16(10-8-14)13-3-2-5-15-6-4-12-11-15/h4,6,11,13H,2-3,5,7-10H2,1H3. The van der Waals surface area contributed by atoms with Crippen molar-refractivity contribution >= 4 is 0 Å². The Morgan fingerprint density at radius 1 is 1.25 bits per heavy atom. The summed E-state index contributed by atoms with van der Waals surface area (Å²) in [6.07, 6.45) is 6.85. The Kier molecular flexibility index (Phi) is 4.33. The monoisotopic (exact) mass is 223 g/mol. The molecule has 0 saturated carbocycles. The van der Waals surface area contributed by atoms with Crippen molar-refractivity contribution in [2.24, 2.45) is 0 Å². The minimum atomic E-state index is 1.04. The van der Waals surface area contributed by atoms with Gasteiger partial charge >= 0.3 is 0 Å². The molecule has 2 rings (SSSR count). The third kappa shape index (κ3) is 3.59. The van der Waals surface area contributed by atoms with Gasteiger partial charge in [-0.2, -0.15) is 0 Å². The highest BCUT2D eigenvalue weighted by atomic mass is 15.5. The van der Waals surface area contributed by atoms with Gasteiger partial charge in [-0.3, -0.25) is 5.43 Å². The van der Waals surface area contributed by atoms with Gasteiger partial charge in [0.05, 0.1) is 6.33 Å². The van der Waals surface area contributed by atoms with Crippen LogP contribution in [0.25, 0.3) is 0 Å². The molecule has 1 N–H and O–H groups in total. The lowest BCUT2D eigenvalue weighted by atomic mass is 10.4. The molecule has 0 aliphatic carbocycles. The number of aryl methyl sites for hydroxylation is 1. The van der Waals surface area contributed by atoms with Gasteiger partial charge < -0.3 is 9.47 Å². The summed E-state index contributed by atoms with van der Waals surface area (Å²) in [6.45, 7) is 6.66. The summed E-state index contributed by atoms with van der Waals surface area (Å²) in [5.41, 5.74) is 3.48. The third-order valence-electron chi connectivity index (χ3n) is 2.99. The van der Waals surface area contributed by atoms with Crippen LogP contribution in [0.2, 0.25) is 0 Å². The Labute approximate surface area is 97.0 Å². The molecule has 1 aliphatic rings. The van der Waals surface area contributed by atoms with Crippen LogP contribution in [-0.2, 0) is 6.54 Å². The fourth-order valence-corrected chi connectivity index (χ4v) is 1.88. The first-order valence-electron chi connectivity index (χ1n) is 5.97. The van der Waals surface area contributed by atoms with Crippen LogP contribution in [0.4, 0.5) is 0 Å². The van der Waals surface area contributed by atoms with E-state index in [-0.39, 0.29) is 0 Å². The average molecular weight is 223 g/mol. The second kappa shape index (κ2) is 5.98. The minimum absolute atomic E-state index is 1.04. The van der Waals surface area contributed by atoms with Crippen LogP contribution in [0.5, 0.6) is 0 Å². The maximum absolute atomic E-state index is 4.03. The van der Waals surface area contributed by atoms with Crippen LogP contribution in [0.3, 0.4) is 0 Å². The molecular formula is C11H21N5. The van der Waals surface area contributed by atoms with E-state index in [1.165, 1.54) is 0 Å². The highest BCUT2D eigenvalue weighted by Gasteiger charge is 2.12. The summed E-state index contributed by atoms with van der Waals surface area (Å²) < 4.78 is 2.12. The number of nitrogens with zero attached hydrogens (tertiary/aromatic N) is 4. The molecule has 1 fully saturated rings. The van der Waals surface area contributed by atoms with E-state index in [9.17, 15) is 0 Å². The summed E-state index contributed by atoms with van der Waals surface area (Å²) in [6, 6.07) is 0. The zero-order valence-electron chi connectivity index (χ0n) is 9.97. The average Bonchev–Trinajstić information content (AvgIpc) is 2.80. The van der Waals surface area contributed by atoms with Crippen LogP contribution < -0.4 is 5.43 Å². The molecule has 90 valence electrons. The van der Waals surface area contributed by atoms with Crippen LogP contribution in [0.1, 0.15) is 6.42 Å². The molecule has 16 heavy (non-hydrogen) atoms. The zero-order valence-corrected chi connectivity index (χ0v) is 9.97. The van der Waals surface area contributed by atoms with Crippen LogP contribution in [0.15, 0.2) is 18.7 Å². The fourth-order valence-electron chi connectivity index (χ4n) is 1.88. The van der Waals surface area contributed by atoms with Gasteiger partial charge in [-0.15, -0.1) is 0 Å². The number of hydrazine groups is 1. The molecule has 1 saturated heterocycles. The van der Waals surface area contributed by atoms with E-state index in [4.69, 9.17) is 0 Å². The highest BCUT2D eigenvalue weighted by Crippen LogP contribution is 1.96. The van der Waals surface area contributed by atoms with Gasteiger partial charge in [0.2, 0.25) is 0 Å². The van der Waals surface area contributed by atoms with Gasteiger partial charge in [0, 0.05) is 51.7 Å². The molecule has 0 radical (unpaired) electrons. The lowest BCUT2D eigenvalue weighted by Gasteiger charge is -2.32. The Morgan fingerprint density at radius 2 is 2.06 bits per heavy atom. The zero-order chi connectivity index (χ0) is 11.2. The van der Waals surface area contributed by atoms with Crippen molar-refractivity contribution in [2.75, 3.05) is 39.8 Å². The highest BCUT2D eigenvalue weighted by molar-refractivity contribution is 4.74. The van der Waals surface area contributed by atoms with E-state index in [1.807, 2.05) is 18.7 Å². The topological polar surface area (TPSA) is 36.3 Å². The first-order chi connectivity index (χ1) is 7.84. The van der Waals surface area contributed by atoms with Crippen LogP contribution in [0, 0.1) is 0 Å². The van der Waals surface area contributed by atoms with Crippen molar-refractivity contribution in [1.29, 1.82) is 0 Å². The quantitative estimate of drug-likeness (QED) is 0.714. The number of aromatic nitrogens is 2. The van der Waals surface area contributed by atoms with Crippen molar-refractivity contribution in [1.82, 2.24) is 24.9 Å². The number of likely N-dealkylation sites (N-methyl/N-ethyl adjacent to an activating group) is 1. The van der Waals surface area contributed by atoms with Gasteiger partial charge in [-0.05, 0) is 13.5 Å². The minimum Gasteiger partial charge on any atom is -0.337 e. The predicted molar refractivity (Wildman–Crippen MR) is 63.9 cm³/mol. The molecule has 5 nitrogen and oxygen atoms in total. The normalized spacial score (nSPS) is 19.1. The largest absolute Gasteiger partial charge is 0.337 e. The number of hydrogen-bond acceptors (Lipinski definition) is 4. The summed E-state index contributed by atoms with van der Waals surface area (Å²) in [5, 5.41) is 2.33. The lowest BCUT2D eigenvalue weighted by Crippen LogP contribution is -2.50. The molecule has 2 heterocycles. The van der Waals surface area contributed by atoms with Crippen molar-refractivity contribution in [2.45, 2.75) is 13.0 Å². The number of piperazine rings is 1. The lowest BCUT2D eigenvalue weighted by molar-refractivity contribution is 0.104. The van der Waals surface area contributed by atoms with Gasteiger partial charge in [0.1, 0.15) is 0 Å². The molecule has 0 unspecified atom stereocenters. The Bertz CT molecular complexity index is 277. The molecule has 0 bridgehead atoms. The first-order valence-corrected chi connectivity index (χ1v) is 5.97. The predicted octanol–water partition coefficient (Wildman–Crippen LogP) is 0.0252. The Hall–Kier alpha value is -0.910. The van der Waals surface area contributed by atoms with Crippen LogP contribution in [-0.4, -0.2) is 59.2 Å². The second-order valence-corrected chi connectivity index (χ2v) is 4.35. The molecule has 0 amide bonds. The van der Waals surface area contributed by atoms with E-state index >= 15 is 0 Å². The van der Waals surface area contributed by atoms with Gasteiger partial charge in [-0.1, -0.05) is 0 Å². The number of rotatable bonds is 5. The Morgan fingerprint density at radius 3 is 2.75 bits per heavy atom. The SMILES string of the molecule is CN1CCN(NCCCn2ccnc2)CC1. The molecule has 5 heteroatoms. The van der Waals surface area contributed by atoms with E-state index < -0.39 is 0 Å². The third-order valence-corrected chi connectivity index (χ3v) is 2.99. The first kappa shape index (κ1) is 11.6. The molecule has 1 aromatic heterocycles. The van der Waals surface area contributed by atoms with Crippen molar-refractivity contribution in [3.05, 3.63) is 18.7 Å². The molecule has 0 aromatic carbocycles. The Balaban J connectivity index is 1.55. The van der Waals surface area contributed by atoms with Gasteiger partial charge in [0.15, 0.2) is 0 Å². The van der Waals surface area contributed by atoms with E-state index in [0.29, 0.717) is 0 Å².